The molecule has 1 fully saturated rings. The Morgan fingerprint density at radius 1 is 1.54 bits per heavy atom. The van der Waals surface area contributed by atoms with Crippen molar-refractivity contribution in [2.45, 2.75) is 39.2 Å². The Morgan fingerprint density at radius 2 is 2.23 bits per heavy atom. The van der Waals surface area contributed by atoms with E-state index in [9.17, 15) is 0 Å². The van der Waals surface area contributed by atoms with E-state index in [1.165, 1.54) is 25.7 Å². The van der Waals surface area contributed by atoms with Gasteiger partial charge in [0.15, 0.2) is 0 Å². The monoisotopic (exact) mass is 242 g/mol. The number of imidazole rings is 1. The van der Waals surface area contributed by atoms with Crippen LogP contribution in [0.1, 0.15) is 32.6 Å². The smallest absolute Gasteiger partial charge is 0.124 e. The van der Waals surface area contributed by atoms with E-state index in [4.69, 9.17) is 0 Å². The van der Waals surface area contributed by atoms with Gasteiger partial charge in [-0.25, -0.2) is 4.98 Å². The van der Waals surface area contributed by atoms with E-state index >= 15 is 0 Å². The summed E-state index contributed by atoms with van der Waals surface area (Å²) >= 11 is 3.37. The molecule has 72 valence electrons. The summed E-state index contributed by atoms with van der Waals surface area (Å²) in [5.41, 5.74) is 0.514. The summed E-state index contributed by atoms with van der Waals surface area (Å²) in [7, 11) is 0. The van der Waals surface area contributed by atoms with Crippen LogP contribution in [-0.4, -0.2) is 9.55 Å². The van der Waals surface area contributed by atoms with Crippen molar-refractivity contribution in [3.05, 3.63) is 17.1 Å². The highest BCUT2D eigenvalue weighted by Gasteiger charge is 2.28. The molecule has 1 aromatic rings. The summed E-state index contributed by atoms with van der Waals surface area (Å²) in [6, 6.07) is 0. The van der Waals surface area contributed by atoms with Crippen LogP contribution in [0.15, 0.2) is 17.1 Å². The van der Waals surface area contributed by atoms with Crippen LogP contribution < -0.4 is 0 Å². The van der Waals surface area contributed by atoms with E-state index in [-0.39, 0.29) is 0 Å². The lowest BCUT2D eigenvalue weighted by Crippen LogP contribution is -2.18. The molecule has 0 bridgehead atoms. The van der Waals surface area contributed by atoms with Crippen molar-refractivity contribution in [3.8, 4) is 0 Å². The molecule has 3 heteroatoms. The van der Waals surface area contributed by atoms with Gasteiger partial charge in [0.25, 0.3) is 0 Å². The molecule has 2 rings (SSSR count). The molecule has 0 radical (unpaired) electrons. The van der Waals surface area contributed by atoms with Gasteiger partial charge in [-0.15, -0.1) is 0 Å². The van der Waals surface area contributed by atoms with Gasteiger partial charge in [0, 0.05) is 12.7 Å². The molecule has 1 aliphatic carbocycles. The van der Waals surface area contributed by atoms with Gasteiger partial charge >= 0.3 is 0 Å². The van der Waals surface area contributed by atoms with Crippen molar-refractivity contribution in [3.63, 3.8) is 0 Å². The Hall–Kier alpha value is -0.310. The third-order valence-electron chi connectivity index (χ3n) is 2.98. The second kappa shape index (κ2) is 3.45. The first kappa shape index (κ1) is 9.25. The average molecular weight is 243 g/mol. The lowest BCUT2D eigenvalue weighted by molar-refractivity contribution is 0.281. The predicted molar refractivity (Wildman–Crippen MR) is 56.5 cm³/mol. The maximum atomic E-state index is 4.17. The molecule has 0 atom stereocenters. The van der Waals surface area contributed by atoms with E-state index < -0.39 is 0 Å². The molecule has 0 unspecified atom stereocenters. The van der Waals surface area contributed by atoms with E-state index in [1.807, 2.05) is 6.33 Å². The molecule has 1 aliphatic rings. The van der Waals surface area contributed by atoms with Crippen LogP contribution in [0.5, 0.6) is 0 Å². The first-order chi connectivity index (χ1) is 6.18. The van der Waals surface area contributed by atoms with E-state index in [2.05, 4.69) is 38.6 Å². The molecule has 0 amide bonds. The molecule has 0 spiro atoms. The highest BCUT2D eigenvalue weighted by molar-refractivity contribution is 9.10. The average Bonchev–Trinajstić information content (AvgIpc) is 2.62. The van der Waals surface area contributed by atoms with Crippen LogP contribution in [0.25, 0.3) is 0 Å². The van der Waals surface area contributed by atoms with Crippen molar-refractivity contribution in [1.29, 1.82) is 0 Å². The molecule has 1 saturated carbocycles. The highest BCUT2D eigenvalue weighted by Crippen LogP contribution is 2.38. The van der Waals surface area contributed by atoms with Gasteiger partial charge in [0.2, 0.25) is 0 Å². The first-order valence-corrected chi connectivity index (χ1v) is 5.65. The number of rotatable bonds is 2. The number of hydrogen-bond donors (Lipinski definition) is 0. The molecule has 2 nitrogen and oxygen atoms in total. The summed E-state index contributed by atoms with van der Waals surface area (Å²) < 4.78 is 3.13. The van der Waals surface area contributed by atoms with Crippen LogP contribution in [0.4, 0.5) is 0 Å². The standard InChI is InChI=1S/C10H15BrN2/c1-10(4-2-3-5-10)7-13-6-9(11)12-8-13/h6,8H,2-5,7H2,1H3. The molecular weight excluding hydrogens is 228 g/mol. The first-order valence-electron chi connectivity index (χ1n) is 4.85. The van der Waals surface area contributed by atoms with Crippen molar-refractivity contribution in [2.75, 3.05) is 0 Å². The lowest BCUT2D eigenvalue weighted by Gasteiger charge is -2.23. The molecule has 0 saturated heterocycles. The molecule has 0 aromatic carbocycles. The Morgan fingerprint density at radius 3 is 2.77 bits per heavy atom. The zero-order chi connectivity index (χ0) is 9.31. The Bertz CT molecular complexity index is 287. The number of aromatic nitrogens is 2. The molecular formula is C10H15BrN2. The van der Waals surface area contributed by atoms with Gasteiger partial charge in [-0.1, -0.05) is 19.8 Å². The summed E-state index contributed by atoms with van der Waals surface area (Å²) in [6.07, 6.45) is 9.49. The number of hydrogen-bond acceptors (Lipinski definition) is 1. The fraction of sp³-hybridized carbons (Fsp3) is 0.700. The van der Waals surface area contributed by atoms with Crippen molar-refractivity contribution in [1.82, 2.24) is 9.55 Å². The highest BCUT2D eigenvalue weighted by atomic mass is 79.9. The van der Waals surface area contributed by atoms with Gasteiger partial charge < -0.3 is 4.57 Å². The fourth-order valence-corrected chi connectivity index (χ4v) is 2.60. The van der Waals surface area contributed by atoms with Crippen molar-refractivity contribution in [2.24, 2.45) is 5.41 Å². The topological polar surface area (TPSA) is 17.8 Å². The van der Waals surface area contributed by atoms with Gasteiger partial charge in [-0.3, -0.25) is 0 Å². The van der Waals surface area contributed by atoms with Crippen LogP contribution in [0.2, 0.25) is 0 Å². The summed E-state index contributed by atoms with van der Waals surface area (Å²) in [6.45, 7) is 3.50. The van der Waals surface area contributed by atoms with Gasteiger partial charge in [-0.05, 0) is 34.2 Å². The lowest BCUT2D eigenvalue weighted by atomic mass is 9.89. The minimum Gasteiger partial charge on any atom is -0.336 e. The third kappa shape index (κ3) is 2.13. The van der Waals surface area contributed by atoms with Crippen LogP contribution in [0.3, 0.4) is 0 Å². The third-order valence-corrected chi connectivity index (χ3v) is 3.39. The van der Waals surface area contributed by atoms with Crippen molar-refractivity contribution >= 4 is 15.9 Å². The number of halogens is 1. The minimum atomic E-state index is 0.514. The zero-order valence-electron chi connectivity index (χ0n) is 7.96. The van der Waals surface area contributed by atoms with Gasteiger partial charge in [0.1, 0.15) is 4.60 Å². The summed E-state index contributed by atoms with van der Waals surface area (Å²) in [4.78, 5) is 4.17. The minimum absolute atomic E-state index is 0.514. The number of nitrogens with zero attached hydrogens (tertiary/aromatic N) is 2. The van der Waals surface area contributed by atoms with Crippen LogP contribution >= 0.6 is 15.9 Å². The van der Waals surface area contributed by atoms with Gasteiger partial charge in [-0.2, -0.15) is 0 Å². The Kier molecular flexibility index (Phi) is 2.45. The summed E-state index contributed by atoms with van der Waals surface area (Å²) in [5.74, 6) is 0. The molecule has 1 heterocycles. The Balaban J connectivity index is 2.04. The van der Waals surface area contributed by atoms with Crippen LogP contribution in [-0.2, 0) is 6.54 Å². The van der Waals surface area contributed by atoms with E-state index in [1.54, 1.807) is 0 Å². The van der Waals surface area contributed by atoms with E-state index in [0.717, 1.165) is 11.1 Å². The van der Waals surface area contributed by atoms with Gasteiger partial charge in [0.05, 0.1) is 6.33 Å². The molecule has 13 heavy (non-hydrogen) atoms. The molecule has 0 aliphatic heterocycles. The summed E-state index contributed by atoms with van der Waals surface area (Å²) in [5, 5.41) is 0. The normalized spacial score (nSPS) is 20.8. The van der Waals surface area contributed by atoms with E-state index in [0.29, 0.717) is 5.41 Å². The largest absolute Gasteiger partial charge is 0.336 e. The zero-order valence-corrected chi connectivity index (χ0v) is 9.55. The maximum Gasteiger partial charge on any atom is 0.124 e. The maximum absolute atomic E-state index is 4.17. The molecule has 0 N–H and O–H groups in total. The van der Waals surface area contributed by atoms with Crippen molar-refractivity contribution < 1.29 is 0 Å². The van der Waals surface area contributed by atoms with Crippen LogP contribution in [0, 0.1) is 5.41 Å². The second-order valence-electron chi connectivity index (χ2n) is 4.39. The SMILES string of the molecule is CC1(Cn2cnc(Br)c2)CCCC1. The second-order valence-corrected chi connectivity index (χ2v) is 5.20. The fourth-order valence-electron chi connectivity index (χ4n) is 2.25. The molecule has 1 aromatic heterocycles. The predicted octanol–water partition coefficient (Wildman–Crippen LogP) is 3.23. The Labute approximate surface area is 87.5 Å². The quantitative estimate of drug-likeness (QED) is 0.779.